The third-order valence-corrected chi connectivity index (χ3v) is 7.43. The molecule has 2 aromatic heterocycles. The molecule has 0 radical (unpaired) electrons. The van der Waals surface area contributed by atoms with E-state index < -0.39 is 5.60 Å². The van der Waals surface area contributed by atoms with Gasteiger partial charge in [0.25, 0.3) is 0 Å². The van der Waals surface area contributed by atoms with Crippen LogP contribution in [0.25, 0.3) is 5.65 Å². The molecule has 13 heteroatoms. The lowest BCUT2D eigenvalue weighted by Crippen LogP contribution is -2.57. The zero-order valence-corrected chi connectivity index (χ0v) is 24.2. The molecule has 13 nitrogen and oxygen atoms in total. The van der Waals surface area contributed by atoms with Crippen LogP contribution in [-0.4, -0.2) is 105 Å². The van der Waals surface area contributed by atoms with Crippen LogP contribution in [0, 0.1) is 0 Å². The van der Waals surface area contributed by atoms with Crippen LogP contribution in [-0.2, 0) is 14.2 Å². The maximum absolute atomic E-state index is 12.7. The van der Waals surface area contributed by atoms with Gasteiger partial charge in [-0.15, -0.1) is 0 Å². The van der Waals surface area contributed by atoms with Crippen molar-refractivity contribution in [3.05, 3.63) is 11.8 Å². The molecular formula is C27H42N8O5. The van der Waals surface area contributed by atoms with Crippen molar-refractivity contribution >= 4 is 29.7 Å². The molecule has 2 amide bonds. The number of rotatable bonds is 6. The summed E-state index contributed by atoms with van der Waals surface area (Å²) in [7, 11) is 0. The van der Waals surface area contributed by atoms with E-state index in [1.54, 1.807) is 14.3 Å². The Balaban J connectivity index is 1.16. The lowest BCUT2D eigenvalue weighted by Gasteiger charge is -2.40. The molecule has 40 heavy (non-hydrogen) atoms. The Kier molecular flexibility index (Phi) is 8.20. The van der Waals surface area contributed by atoms with Gasteiger partial charge in [0.15, 0.2) is 5.65 Å². The maximum Gasteiger partial charge on any atom is 0.410 e. The summed E-state index contributed by atoms with van der Waals surface area (Å²) >= 11 is 0. The molecule has 2 aromatic rings. The topological polar surface area (TPSA) is 135 Å². The van der Waals surface area contributed by atoms with Crippen molar-refractivity contribution in [2.24, 2.45) is 0 Å². The smallest absolute Gasteiger partial charge is 0.410 e. The van der Waals surface area contributed by atoms with E-state index in [1.807, 2.05) is 27.0 Å². The van der Waals surface area contributed by atoms with E-state index in [0.717, 1.165) is 50.1 Å². The van der Waals surface area contributed by atoms with Crippen LogP contribution in [0.1, 0.15) is 71.8 Å². The van der Waals surface area contributed by atoms with Crippen LogP contribution in [0.4, 0.5) is 21.5 Å². The normalized spacial score (nSPS) is 19.6. The van der Waals surface area contributed by atoms with Gasteiger partial charge in [0.2, 0.25) is 11.9 Å². The summed E-state index contributed by atoms with van der Waals surface area (Å²) in [6, 6.07) is 0.395. The number of ether oxygens (including phenoxy) is 3. The molecule has 2 N–H and O–H groups in total. The summed E-state index contributed by atoms with van der Waals surface area (Å²) in [4.78, 5) is 37.7. The monoisotopic (exact) mass is 558 g/mol. The minimum atomic E-state index is -0.550. The lowest BCUT2D eigenvalue weighted by atomic mass is 10.1. The summed E-state index contributed by atoms with van der Waals surface area (Å²) in [6.07, 6.45) is 4.17. The molecule has 5 heterocycles. The zero-order valence-electron chi connectivity index (χ0n) is 24.2. The first-order valence-electron chi connectivity index (χ1n) is 14.4. The summed E-state index contributed by atoms with van der Waals surface area (Å²) in [5.74, 6) is 1.51. The highest BCUT2D eigenvalue weighted by Gasteiger charge is 2.37. The van der Waals surface area contributed by atoms with Crippen LogP contribution in [0.2, 0.25) is 0 Å². The van der Waals surface area contributed by atoms with Gasteiger partial charge in [0.05, 0.1) is 19.3 Å². The first-order chi connectivity index (χ1) is 19.1. The first-order valence-corrected chi connectivity index (χ1v) is 14.4. The van der Waals surface area contributed by atoms with E-state index in [-0.39, 0.29) is 36.3 Å². The number of fused-ring (bicyclic) bond motifs is 1. The van der Waals surface area contributed by atoms with Gasteiger partial charge in [-0.3, -0.25) is 0 Å². The van der Waals surface area contributed by atoms with Crippen LogP contribution < -0.4 is 10.6 Å². The summed E-state index contributed by atoms with van der Waals surface area (Å²) < 4.78 is 18.3. The van der Waals surface area contributed by atoms with Crippen molar-refractivity contribution in [3.8, 4) is 0 Å². The van der Waals surface area contributed by atoms with Crippen molar-refractivity contribution in [2.45, 2.75) is 90.0 Å². The van der Waals surface area contributed by atoms with Crippen molar-refractivity contribution in [1.82, 2.24) is 29.4 Å². The summed E-state index contributed by atoms with van der Waals surface area (Å²) in [5.41, 5.74) is 1.31. The van der Waals surface area contributed by atoms with Crippen molar-refractivity contribution < 1.29 is 23.8 Å². The molecule has 3 fully saturated rings. The Morgan fingerprint density at radius 3 is 2.30 bits per heavy atom. The lowest BCUT2D eigenvalue weighted by molar-refractivity contribution is -0.0446. The average Bonchev–Trinajstić information content (AvgIpc) is 3.30. The van der Waals surface area contributed by atoms with E-state index in [2.05, 4.69) is 29.6 Å². The fraction of sp³-hybridized carbons (Fsp3) is 0.741. The molecule has 0 unspecified atom stereocenters. The minimum absolute atomic E-state index is 0.121. The minimum Gasteiger partial charge on any atom is -0.444 e. The summed E-state index contributed by atoms with van der Waals surface area (Å²) in [5, 5.41) is 11.6. The highest BCUT2D eigenvalue weighted by molar-refractivity contribution is 5.71. The second-order valence-corrected chi connectivity index (χ2v) is 12.2. The maximum atomic E-state index is 12.7. The van der Waals surface area contributed by atoms with Gasteiger partial charge < -0.3 is 34.6 Å². The predicted molar refractivity (Wildman–Crippen MR) is 149 cm³/mol. The third kappa shape index (κ3) is 6.68. The molecule has 5 rings (SSSR count). The number of nitrogens with zero attached hydrogens (tertiary/aromatic N) is 6. The van der Waals surface area contributed by atoms with Gasteiger partial charge >= 0.3 is 12.2 Å². The predicted octanol–water partition coefficient (Wildman–Crippen LogP) is 3.47. The number of likely N-dealkylation sites (tertiary alicyclic amines) is 2. The molecule has 0 aromatic carbocycles. The van der Waals surface area contributed by atoms with Crippen molar-refractivity contribution in [2.75, 3.05) is 50.0 Å². The molecule has 0 saturated carbocycles. The fourth-order valence-corrected chi connectivity index (χ4v) is 5.08. The van der Waals surface area contributed by atoms with Crippen LogP contribution in [0.5, 0.6) is 0 Å². The second-order valence-electron chi connectivity index (χ2n) is 12.2. The SMILES string of the molecule is CC(C)c1cnn2c(NC3CCN(C(=O)OC4CN(C(=O)OC(C)(C)C)C4)CC3)nc(NC3CCOCC3)nc12. The number of hydrogen-bond donors (Lipinski definition) is 2. The molecule has 220 valence electrons. The molecule has 0 aliphatic carbocycles. The molecule has 0 spiro atoms. The quantitative estimate of drug-likeness (QED) is 0.542. The molecular weight excluding hydrogens is 516 g/mol. The van der Waals surface area contributed by atoms with E-state index in [1.165, 1.54) is 0 Å². The standard InChI is InChI=1S/C27H42N8O5/c1-17(2)21-14-28-35-22(21)31-23(29-19-8-12-38-13-9-19)32-24(35)30-18-6-10-33(11-7-18)25(36)39-20-15-34(16-20)26(37)40-27(3,4)5/h14,17-20H,6-13,15-16H2,1-5H3,(H2,29,30,31,32). The van der Waals surface area contributed by atoms with E-state index in [4.69, 9.17) is 24.2 Å². The number of piperidine rings is 1. The number of carbonyl (C=O) groups is 2. The first kappa shape index (κ1) is 28.2. The number of nitrogens with one attached hydrogen (secondary N) is 2. The highest BCUT2D eigenvalue weighted by Crippen LogP contribution is 2.25. The van der Waals surface area contributed by atoms with E-state index in [9.17, 15) is 9.59 Å². The number of amides is 2. The Hall–Kier alpha value is -3.35. The second kappa shape index (κ2) is 11.6. The Labute approximate surface area is 234 Å². The number of carbonyl (C=O) groups excluding carboxylic acids is 2. The average molecular weight is 559 g/mol. The van der Waals surface area contributed by atoms with Gasteiger partial charge in [0, 0.05) is 44.0 Å². The number of anilines is 2. The number of aromatic nitrogens is 4. The van der Waals surface area contributed by atoms with Gasteiger partial charge in [-0.1, -0.05) is 13.8 Å². The van der Waals surface area contributed by atoms with Gasteiger partial charge in [-0.2, -0.15) is 19.6 Å². The van der Waals surface area contributed by atoms with Crippen LogP contribution in [0.15, 0.2) is 6.20 Å². The van der Waals surface area contributed by atoms with Crippen LogP contribution in [0.3, 0.4) is 0 Å². The Bertz CT molecular complexity index is 1190. The van der Waals surface area contributed by atoms with Gasteiger partial charge in [-0.05, 0) is 52.4 Å². The number of hydrogen-bond acceptors (Lipinski definition) is 10. The summed E-state index contributed by atoms with van der Waals surface area (Å²) in [6.45, 7) is 13.1. The van der Waals surface area contributed by atoms with Gasteiger partial charge in [0.1, 0.15) is 11.7 Å². The molecule has 3 aliphatic heterocycles. The molecule has 3 aliphatic rings. The van der Waals surface area contributed by atoms with Gasteiger partial charge in [-0.25, -0.2) is 9.59 Å². The largest absolute Gasteiger partial charge is 0.444 e. The van der Waals surface area contributed by atoms with Crippen molar-refractivity contribution in [3.63, 3.8) is 0 Å². The van der Waals surface area contributed by atoms with E-state index >= 15 is 0 Å². The molecule has 0 bridgehead atoms. The molecule has 3 saturated heterocycles. The highest BCUT2D eigenvalue weighted by atomic mass is 16.6. The Morgan fingerprint density at radius 2 is 1.65 bits per heavy atom. The van der Waals surface area contributed by atoms with E-state index in [0.29, 0.717) is 38.1 Å². The zero-order chi connectivity index (χ0) is 28.4. The third-order valence-electron chi connectivity index (χ3n) is 7.43. The fourth-order valence-electron chi connectivity index (χ4n) is 5.08. The van der Waals surface area contributed by atoms with Crippen LogP contribution >= 0.6 is 0 Å². The Morgan fingerprint density at radius 1 is 0.975 bits per heavy atom. The van der Waals surface area contributed by atoms with Crippen molar-refractivity contribution in [1.29, 1.82) is 0 Å². The molecule has 0 atom stereocenters.